The summed E-state index contributed by atoms with van der Waals surface area (Å²) in [6.07, 6.45) is -1.10. The zero-order valence-electron chi connectivity index (χ0n) is 14.8. The standard InChI is InChI=1S/C21H19NO4S/c1-2-19(23)22(14-15-9-5-3-6-10-15)17-13-18(16-11-7-4-8-12-16)27-20(17)26-21(24)25/h3-13H,2,14H2,1H3,(H,24,25). The lowest BCUT2D eigenvalue weighted by molar-refractivity contribution is -0.118. The topological polar surface area (TPSA) is 66.8 Å². The Morgan fingerprint density at radius 3 is 2.26 bits per heavy atom. The highest BCUT2D eigenvalue weighted by molar-refractivity contribution is 7.18. The van der Waals surface area contributed by atoms with Gasteiger partial charge in [0.2, 0.25) is 11.0 Å². The number of anilines is 1. The molecule has 0 aliphatic heterocycles. The minimum atomic E-state index is -1.40. The number of thiophene rings is 1. The first-order valence-corrected chi connectivity index (χ1v) is 9.34. The second kappa shape index (κ2) is 8.51. The predicted molar refractivity (Wildman–Crippen MR) is 106 cm³/mol. The average Bonchev–Trinajstić information content (AvgIpc) is 3.10. The van der Waals surface area contributed by atoms with E-state index in [0.29, 0.717) is 18.7 Å². The molecule has 1 aromatic heterocycles. The zero-order valence-corrected chi connectivity index (χ0v) is 15.6. The minimum Gasteiger partial charge on any atom is -0.449 e. The van der Waals surface area contributed by atoms with Gasteiger partial charge in [0.25, 0.3) is 0 Å². The lowest BCUT2D eigenvalue weighted by atomic mass is 10.1. The maximum absolute atomic E-state index is 12.6. The van der Waals surface area contributed by atoms with Crippen LogP contribution in [0.3, 0.4) is 0 Å². The molecule has 0 aliphatic rings. The number of carbonyl (C=O) groups excluding carboxylic acids is 1. The van der Waals surface area contributed by atoms with E-state index in [1.807, 2.05) is 66.7 Å². The van der Waals surface area contributed by atoms with Gasteiger partial charge in [-0.05, 0) is 17.2 Å². The smallest absolute Gasteiger partial charge is 0.449 e. The molecule has 0 radical (unpaired) electrons. The molecule has 5 nitrogen and oxygen atoms in total. The van der Waals surface area contributed by atoms with Crippen LogP contribution in [-0.2, 0) is 11.3 Å². The van der Waals surface area contributed by atoms with Crippen LogP contribution in [0.5, 0.6) is 5.06 Å². The summed E-state index contributed by atoms with van der Waals surface area (Å²) in [5.41, 5.74) is 2.36. The molecule has 1 amide bonds. The molecule has 0 fully saturated rings. The molecule has 1 N–H and O–H groups in total. The fourth-order valence-corrected chi connectivity index (χ4v) is 3.73. The van der Waals surface area contributed by atoms with Crippen LogP contribution in [-0.4, -0.2) is 17.2 Å². The van der Waals surface area contributed by atoms with Crippen molar-refractivity contribution in [2.75, 3.05) is 4.90 Å². The Balaban J connectivity index is 2.05. The van der Waals surface area contributed by atoms with Crippen LogP contribution in [0.2, 0.25) is 0 Å². The van der Waals surface area contributed by atoms with Crippen LogP contribution in [0.4, 0.5) is 10.5 Å². The van der Waals surface area contributed by atoms with Crippen LogP contribution >= 0.6 is 11.3 Å². The second-order valence-corrected chi connectivity index (χ2v) is 6.85. The Labute approximate surface area is 161 Å². The number of nitrogens with zero attached hydrogens (tertiary/aromatic N) is 1. The van der Waals surface area contributed by atoms with Gasteiger partial charge in [-0.25, -0.2) is 4.79 Å². The molecule has 0 saturated heterocycles. The van der Waals surface area contributed by atoms with Gasteiger partial charge < -0.3 is 14.7 Å². The van der Waals surface area contributed by atoms with Crippen LogP contribution in [0, 0.1) is 0 Å². The number of hydrogen-bond acceptors (Lipinski definition) is 4. The molecular weight excluding hydrogens is 362 g/mol. The van der Waals surface area contributed by atoms with Gasteiger partial charge in [0.05, 0.1) is 12.2 Å². The summed E-state index contributed by atoms with van der Waals surface area (Å²) < 4.78 is 5.00. The second-order valence-electron chi connectivity index (χ2n) is 5.84. The summed E-state index contributed by atoms with van der Waals surface area (Å²) in [4.78, 5) is 26.2. The van der Waals surface area contributed by atoms with E-state index in [1.54, 1.807) is 11.8 Å². The molecular formula is C21H19NO4S. The fourth-order valence-electron chi connectivity index (χ4n) is 2.71. The van der Waals surface area contributed by atoms with Crippen molar-refractivity contribution >= 4 is 29.1 Å². The SMILES string of the molecule is CCC(=O)N(Cc1ccccc1)c1cc(-c2ccccc2)sc1OC(=O)O. The summed E-state index contributed by atoms with van der Waals surface area (Å²) in [6, 6.07) is 21.0. The van der Waals surface area contributed by atoms with Gasteiger partial charge in [-0.3, -0.25) is 4.79 Å². The molecule has 2 aromatic carbocycles. The molecule has 0 unspecified atom stereocenters. The van der Waals surface area contributed by atoms with E-state index in [1.165, 1.54) is 11.3 Å². The highest BCUT2D eigenvalue weighted by Gasteiger charge is 2.24. The van der Waals surface area contributed by atoms with E-state index < -0.39 is 6.16 Å². The van der Waals surface area contributed by atoms with Gasteiger partial charge >= 0.3 is 6.16 Å². The Bertz CT molecular complexity index is 922. The molecule has 27 heavy (non-hydrogen) atoms. The summed E-state index contributed by atoms with van der Waals surface area (Å²) in [7, 11) is 0. The van der Waals surface area contributed by atoms with Gasteiger partial charge in [-0.1, -0.05) is 78.9 Å². The molecule has 3 aromatic rings. The fraction of sp³-hybridized carbons (Fsp3) is 0.143. The highest BCUT2D eigenvalue weighted by atomic mass is 32.1. The van der Waals surface area contributed by atoms with Crippen molar-refractivity contribution in [2.45, 2.75) is 19.9 Å². The normalized spacial score (nSPS) is 10.4. The van der Waals surface area contributed by atoms with Crippen LogP contribution in [0.1, 0.15) is 18.9 Å². The zero-order chi connectivity index (χ0) is 19.2. The summed E-state index contributed by atoms with van der Waals surface area (Å²) in [5.74, 6) is -0.105. The number of carbonyl (C=O) groups is 2. The van der Waals surface area contributed by atoms with E-state index in [2.05, 4.69) is 0 Å². The number of rotatable bonds is 6. The molecule has 1 heterocycles. The van der Waals surface area contributed by atoms with Gasteiger partial charge in [-0.15, -0.1) is 0 Å². The Hall–Kier alpha value is -3.12. The number of amides is 1. The van der Waals surface area contributed by atoms with Crippen molar-refractivity contribution in [3.63, 3.8) is 0 Å². The number of ether oxygens (including phenoxy) is 1. The summed E-state index contributed by atoms with van der Waals surface area (Å²) in [5, 5.41) is 9.31. The quantitative estimate of drug-likeness (QED) is 0.579. The first kappa shape index (κ1) is 18.7. The largest absolute Gasteiger partial charge is 0.512 e. The molecule has 0 bridgehead atoms. The molecule has 3 rings (SSSR count). The first-order valence-electron chi connectivity index (χ1n) is 8.52. The molecule has 0 saturated carbocycles. The highest BCUT2D eigenvalue weighted by Crippen LogP contribution is 2.43. The monoisotopic (exact) mass is 381 g/mol. The minimum absolute atomic E-state index is 0.105. The van der Waals surface area contributed by atoms with Crippen molar-refractivity contribution in [3.8, 4) is 15.5 Å². The summed E-state index contributed by atoms with van der Waals surface area (Å²) >= 11 is 1.21. The molecule has 0 aliphatic carbocycles. The number of hydrogen-bond donors (Lipinski definition) is 1. The van der Waals surface area contributed by atoms with E-state index in [-0.39, 0.29) is 11.0 Å². The third-order valence-electron chi connectivity index (χ3n) is 4.00. The van der Waals surface area contributed by atoms with Gasteiger partial charge in [0, 0.05) is 11.3 Å². The number of benzene rings is 2. The maximum atomic E-state index is 12.6. The lowest BCUT2D eigenvalue weighted by Crippen LogP contribution is -2.29. The van der Waals surface area contributed by atoms with Crippen molar-refractivity contribution in [3.05, 3.63) is 72.3 Å². The third kappa shape index (κ3) is 4.54. The lowest BCUT2D eigenvalue weighted by Gasteiger charge is -2.22. The van der Waals surface area contributed by atoms with E-state index in [9.17, 15) is 9.59 Å². The van der Waals surface area contributed by atoms with Crippen LogP contribution in [0.15, 0.2) is 66.7 Å². The molecule has 138 valence electrons. The molecule has 0 spiro atoms. The van der Waals surface area contributed by atoms with Crippen LogP contribution in [0.25, 0.3) is 10.4 Å². The van der Waals surface area contributed by atoms with Gasteiger partial charge in [0.1, 0.15) is 0 Å². The Kier molecular flexibility index (Phi) is 5.88. The van der Waals surface area contributed by atoms with Crippen molar-refractivity contribution in [1.82, 2.24) is 0 Å². The Morgan fingerprint density at radius 2 is 1.67 bits per heavy atom. The van der Waals surface area contributed by atoms with Crippen molar-refractivity contribution < 1.29 is 19.4 Å². The summed E-state index contributed by atoms with van der Waals surface area (Å²) in [6.45, 7) is 2.12. The van der Waals surface area contributed by atoms with Crippen LogP contribution < -0.4 is 9.64 Å². The van der Waals surface area contributed by atoms with E-state index in [0.717, 1.165) is 16.0 Å². The molecule has 6 heteroatoms. The van der Waals surface area contributed by atoms with E-state index >= 15 is 0 Å². The predicted octanol–water partition coefficient (Wildman–Crippen LogP) is 5.42. The van der Waals surface area contributed by atoms with Gasteiger partial charge in [-0.2, -0.15) is 0 Å². The van der Waals surface area contributed by atoms with Crippen molar-refractivity contribution in [2.24, 2.45) is 0 Å². The molecule has 0 atom stereocenters. The van der Waals surface area contributed by atoms with Crippen molar-refractivity contribution in [1.29, 1.82) is 0 Å². The third-order valence-corrected chi connectivity index (χ3v) is 5.05. The average molecular weight is 381 g/mol. The van der Waals surface area contributed by atoms with Gasteiger partial charge in [0.15, 0.2) is 0 Å². The maximum Gasteiger partial charge on any atom is 0.512 e. The first-order chi connectivity index (χ1) is 13.1. The Morgan fingerprint density at radius 1 is 1.04 bits per heavy atom. The van der Waals surface area contributed by atoms with E-state index in [4.69, 9.17) is 9.84 Å². The number of carboxylic acid groups (broad SMARTS) is 1.